The van der Waals surface area contributed by atoms with E-state index in [1.54, 1.807) is 45.0 Å². The number of β-amino-alcohol motifs (C(OH)–C–C–N with tert-alkyl or cyclic N) is 1. The number of amides is 6. The lowest BCUT2D eigenvalue weighted by molar-refractivity contribution is -0.142. The number of hydrogen-bond acceptors (Lipinski definition) is 16. The summed E-state index contributed by atoms with van der Waals surface area (Å²) < 4.78 is 0. The number of aliphatic hydroxyl groups excluding tert-OH is 1. The molecule has 1 fully saturated rings. The molecule has 0 aliphatic carbocycles. The first kappa shape index (κ1) is 68.1. The van der Waals surface area contributed by atoms with Crippen molar-refractivity contribution in [3.63, 3.8) is 0 Å². The molecule has 0 radical (unpaired) electrons. The molecule has 0 saturated carbocycles. The SMILES string of the molecule is O=C(O)CC[C@H](NC(=O)N[C@@H](CCCCNC(=O)CCCCCCC(=O)NCCCCC(NC(=O)C(Cc1ccccc1)NC(=O)CN1CCN(CCO)CCN(CC(=O)O)CCN(CC(=O)O)CC1)C(=O)O)C(=O)O)C(=O)O. The summed E-state index contributed by atoms with van der Waals surface area (Å²) in [5, 5.41) is 81.4. The van der Waals surface area contributed by atoms with E-state index in [9.17, 15) is 83.4 Å². The highest BCUT2D eigenvalue weighted by atomic mass is 16.4. The Kier molecular flexibility index (Phi) is 33.9. The zero-order valence-corrected chi connectivity index (χ0v) is 44.8. The number of unbranched alkanes of at least 4 members (excludes halogenated alkanes) is 5. The highest BCUT2D eigenvalue weighted by Crippen LogP contribution is 2.10. The first-order valence-corrected chi connectivity index (χ1v) is 26.7. The minimum absolute atomic E-state index is 0.00810. The average Bonchev–Trinajstić information content (AvgIpc) is 3.37. The molecule has 2 rings (SSSR count). The number of hydrogen-bond donors (Lipinski definition) is 13. The molecule has 1 aromatic rings. The van der Waals surface area contributed by atoms with E-state index in [4.69, 9.17) is 5.11 Å². The van der Waals surface area contributed by atoms with Gasteiger partial charge in [-0.25, -0.2) is 19.2 Å². The zero-order valence-electron chi connectivity index (χ0n) is 44.8. The Morgan fingerprint density at radius 2 is 0.861 bits per heavy atom. The standard InChI is InChI=1S/C51H82N10O18/c62-31-30-58-22-24-59(26-27-61(35-46(70)71)29-28-60(25-23-58)34-45(68)69)33-43(65)54-40(32-36-12-4-3-5-13-36)47(72)55-37(48(73)74)14-8-10-20-52-41(63)16-6-1-2-7-17-42(64)53-21-11-9-15-38(49(75)76)56-51(79)57-39(50(77)78)18-19-44(66)67/h3-5,12-13,37-40,62H,1-2,6-11,14-35H2,(H,52,63)(H,53,64)(H,54,65)(H,55,72)(H,66,67)(H,68,69)(H,70,71)(H,73,74)(H,75,76)(H,77,78)(H2,56,57,79)/t37?,38-,39-,40?/m0/s1. The molecule has 1 saturated heterocycles. The van der Waals surface area contributed by atoms with Gasteiger partial charge >= 0.3 is 41.8 Å². The number of carboxylic acids is 6. The fourth-order valence-corrected chi connectivity index (χ4v) is 8.48. The normalized spacial score (nSPS) is 15.6. The molecule has 1 aromatic carbocycles. The lowest BCUT2D eigenvalue weighted by Gasteiger charge is -2.33. The first-order chi connectivity index (χ1) is 37.6. The third kappa shape index (κ3) is 32.5. The Morgan fingerprint density at radius 1 is 0.430 bits per heavy atom. The van der Waals surface area contributed by atoms with E-state index in [1.165, 1.54) is 0 Å². The van der Waals surface area contributed by atoms with Gasteiger partial charge in [-0.2, -0.15) is 0 Å². The number of aliphatic carboxylic acids is 6. The molecule has 28 nitrogen and oxygen atoms in total. The molecular formula is C51H82N10O18. The minimum atomic E-state index is -1.52. The van der Waals surface area contributed by atoms with Crippen molar-refractivity contribution in [1.82, 2.24) is 51.5 Å². The number of aliphatic hydroxyl groups is 1. The number of nitrogens with zero attached hydrogens (tertiary/aromatic N) is 4. The van der Waals surface area contributed by atoms with Crippen molar-refractivity contribution in [2.75, 3.05) is 98.2 Å². The summed E-state index contributed by atoms with van der Waals surface area (Å²) in [5.41, 5.74) is 0.704. The summed E-state index contributed by atoms with van der Waals surface area (Å²) in [6, 6.07) is 2.45. The fourth-order valence-electron chi connectivity index (χ4n) is 8.48. The maximum atomic E-state index is 13.8. The van der Waals surface area contributed by atoms with E-state index in [2.05, 4.69) is 31.9 Å². The fraction of sp³-hybridized carbons (Fsp3) is 0.667. The van der Waals surface area contributed by atoms with Crippen LogP contribution in [0.4, 0.5) is 4.79 Å². The first-order valence-electron chi connectivity index (χ1n) is 26.7. The second kappa shape index (κ2) is 39.4. The van der Waals surface area contributed by atoms with Crippen LogP contribution in [0.1, 0.15) is 95.5 Å². The van der Waals surface area contributed by atoms with Crippen LogP contribution in [-0.2, 0) is 54.4 Å². The Morgan fingerprint density at radius 3 is 1.29 bits per heavy atom. The van der Waals surface area contributed by atoms with E-state index >= 15 is 0 Å². The van der Waals surface area contributed by atoms with Crippen LogP contribution >= 0.6 is 0 Å². The summed E-state index contributed by atoms with van der Waals surface area (Å²) in [6.45, 7) is 2.41. The zero-order chi connectivity index (χ0) is 58.5. The van der Waals surface area contributed by atoms with Crippen molar-refractivity contribution < 1.29 is 88.5 Å². The lowest BCUT2D eigenvalue weighted by atomic mass is 10.0. The van der Waals surface area contributed by atoms with Crippen LogP contribution in [0.3, 0.4) is 0 Å². The highest BCUT2D eigenvalue weighted by Gasteiger charge is 2.29. The molecule has 1 aliphatic rings. The number of carbonyl (C=O) groups is 11. The Hall–Kier alpha value is -7.01. The molecule has 0 bridgehead atoms. The van der Waals surface area contributed by atoms with Gasteiger partial charge in [0.2, 0.25) is 23.6 Å². The molecule has 1 aliphatic heterocycles. The Balaban J connectivity index is 1.79. The Bertz CT molecular complexity index is 2110. The number of benzene rings is 1. The van der Waals surface area contributed by atoms with Gasteiger partial charge in [-0.1, -0.05) is 43.2 Å². The molecule has 28 heteroatoms. The van der Waals surface area contributed by atoms with Gasteiger partial charge in [-0.15, -0.1) is 0 Å². The van der Waals surface area contributed by atoms with Gasteiger partial charge < -0.3 is 67.6 Å². The van der Waals surface area contributed by atoms with Crippen LogP contribution in [-0.4, -0.2) is 243 Å². The third-order valence-electron chi connectivity index (χ3n) is 12.9. The van der Waals surface area contributed by atoms with Gasteiger partial charge in [-0.05, 0) is 63.4 Å². The summed E-state index contributed by atoms with van der Waals surface area (Å²) in [4.78, 5) is 141. The number of carbonyl (C=O) groups excluding carboxylic acids is 5. The predicted molar refractivity (Wildman–Crippen MR) is 283 cm³/mol. The maximum absolute atomic E-state index is 13.8. The summed E-state index contributed by atoms with van der Waals surface area (Å²) in [7, 11) is 0. The topological polar surface area (TPSA) is 415 Å². The smallest absolute Gasteiger partial charge is 0.326 e. The van der Waals surface area contributed by atoms with Crippen LogP contribution in [0.5, 0.6) is 0 Å². The van der Waals surface area contributed by atoms with Gasteiger partial charge in [0.15, 0.2) is 0 Å². The molecule has 6 amide bonds. The van der Waals surface area contributed by atoms with Crippen molar-refractivity contribution in [2.45, 2.75) is 120 Å². The summed E-state index contributed by atoms with van der Waals surface area (Å²) >= 11 is 0. The molecule has 13 N–H and O–H groups in total. The average molecular weight is 1120 g/mol. The van der Waals surface area contributed by atoms with Crippen molar-refractivity contribution in [3.05, 3.63) is 35.9 Å². The van der Waals surface area contributed by atoms with E-state index < -0.39 is 90.7 Å². The second-order valence-corrected chi connectivity index (χ2v) is 19.3. The third-order valence-corrected chi connectivity index (χ3v) is 12.9. The number of urea groups is 1. The quantitative estimate of drug-likeness (QED) is 0.0341. The second-order valence-electron chi connectivity index (χ2n) is 19.3. The van der Waals surface area contributed by atoms with E-state index in [1.807, 2.05) is 4.90 Å². The molecule has 0 spiro atoms. The van der Waals surface area contributed by atoms with Crippen LogP contribution in [0.2, 0.25) is 0 Å². The van der Waals surface area contributed by atoms with Gasteiger partial charge in [0.1, 0.15) is 24.2 Å². The van der Waals surface area contributed by atoms with Crippen LogP contribution in [0.25, 0.3) is 0 Å². The van der Waals surface area contributed by atoms with E-state index in [0.717, 1.165) is 0 Å². The van der Waals surface area contributed by atoms with Crippen molar-refractivity contribution >= 4 is 65.5 Å². The molecule has 0 aromatic heterocycles. The lowest BCUT2D eigenvalue weighted by Crippen LogP contribution is -2.54. The van der Waals surface area contributed by atoms with Crippen molar-refractivity contribution in [1.29, 1.82) is 0 Å². The van der Waals surface area contributed by atoms with E-state index in [0.29, 0.717) is 89.7 Å². The molecular weight excluding hydrogens is 1040 g/mol. The summed E-state index contributed by atoms with van der Waals surface area (Å²) in [5.74, 6) is -9.10. The summed E-state index contributed by atoms with van der Waals surface area (Å²) in [6.07, 6.45) is 3.62. The van der Waals surface area contributed by atoms with Crippen LogP contribution in [0, 0.1) is 0 Å². The van der Waals surface area contributed by atoms with Gasteiger partial charge in [-0.3, -0.25) is 53.2 Å². The highest BCUT2D eigenvalue weighted by molar-refractivity contribution is 5.91. The van der Waals surface area contributed by atoms with Gasteiger partial charge in [0.25, 0.3) is 0 Å². The maximum Gasteiger partial charge on any atom is 0.326 e. The Labute approximate surface area is 459 Å². The largest absolute Gasteiger partial charge is 0.481 e. The monoisotopic (exact) mass is 1120 g/mol. The molecule has 4 atom stereocenters. The number of rotatable bonds is 38. The predicted octanol–water partition coefficient (Wildman–Crippen LogP) is -1.35. The van der Waals surface area contributed by atoms with E-state index in [-0.39, 0.29) is 109 Å². The molecule has 444 valence electrons. The molecule has 2 unspecified atom stereocenters. The van der Waals surface area contributed by atoms with Gasteiger partial charge in [0.05, 0.1) is 26.2 Å². The van der Waals surface area contributed by atoms with Crippen LogP contribution in [0.15, 0.2) is 30.3 Å². The minimum Gasteiger partial charge on any atom is -0.481 e. The van der Waals surface area contributed by atoms with Crippen molar-refractivity contribution in [3.8, 4) is 0 Å². The van der Waals surface area contributed by atoms with Crippen LogP contribution < -0.4 is 31.9 Å². The molecule has 79 heavy (non-hydrogen) atoms. The van der Waals surface area contributed by atoms with Gasteiger partial charge in [0, 0.05) is 97.7 Å². The number of carboxylic acid groups (broad SMARTS) is 6. The van der Waals surface area contributed by atoms with Crippen molar-refractivity contribution in [2.24, 2.45) is 0 Å². The number of nitrogens with one attached hydrogen (secondary N) is 6. The molecule has 1 heterocycles.